The Morgan fingerprint density at radius 2 is 2.00 bits per heavy atom. The van der Waals surface area contributed by atoms with Crippen LogP contribution in [0.4, 0.5) is 11.5 Å². The first-order valence-electron chi connectivity index (χ1n) is 6.30. The first-order valence-corrected chi connectivity index (χ1v) is 6.68. The summed E-state index contributed by atoms with van der Waals surface area (Å²) < 4.78 is 6.71. The number of nitrogens with zero attached hydrogens (tertiary/aromatic N) is 3. The van der Waals surface area contributed by atoms with Gasteiger partial charge in [0.1, 0.15) is 11.4 Å². The van der Waals surface area contributed by atoms with Gasteiger partial charge < -0.3 is 9.64 Å². The van der Waals surface area contributed by atoms with Crippen molar-refractivity contribution in [2.24, 2.45) is 0 Å². The fourth-order valence-corrected chi connectivity index (χ4v) is 2.64. The molecule has 20 heavy (non-hydrogen) atoms. The Balaban J connectivity index is 2.08. The first-order chi connectivity index (χ1) is 9.61. The second kappa shape index (κ2) is 4.83. The summed E-state index contributed by atoms with van der Waals surface area (Å²) in [4.78, 5) is 14.0. The number of hydrogen-bond donors (Lipinski definition) is 0. The van der Waals surface area contributed by atoms with Crippen LogP contribution in [-0.4, -0.2) is 29.4 Å². The van der Waals surface area contributed by atoms with Crippen molar-refractivity contribution in [3.8, 4) is 0 Å². The van der Waals surface area contributed by atoms with E-state index in [9.17, 15) is 4.79 Å². The predicted molar refractivity (Wildman–Crippen MR) is 76.8 cm³/mol. The number of ether oxygens (including phenoxy) is 1. The summed E-state index contributed by atoms with van der Waals surface area (Å²) >= 11 is 5.92. The number of rotatable bonds is 2. The van der Waals surface area contributed by atoms with Gasteiger partial charge in [-0.1, -0.05) is 11.6 Å². The zero-order chi connectivity index (χ0) is 14.3. The van der Waals surface area contributed by atoms with Crippen LogP contribution in [-0.2, 0) is 11.3 Å². The summed E-state index contributed by atoms with van der Waals surface area (Å²) in [5, 5.41) is 5.09. The summed E-state index contributed by atoms with van der Waals surface area (Å²) in [6.07, 6.45) is 0. The SMILES string of the molecule is COC(=O)c1c(C)nn2c1N(c1ccc(Cl)cc1)CC2. The Bertz CT molecular complexity index is 664. The van der Waals surface area contributed by atoms with Crippen molar-refractivity contribution in [3.63, 3.8) is 0 Å². The van der Waals surface area contributed by atoms with E-state index in [0.717, 1.165) is 24.6 Å². The number of hydrogen-bond acceptors (Lipinski definition) is 4. The highest BCUT2D eigenvalue weighted by Gasteiger charge is 2.31. The number of carbonyl (C=O) groups is 1. The number of esters is 1. The summed E-state index contributed by atoms with van der Waals surface area (Å²) in [6, 6.07) is 7.53. The number of halogens is 1. The average molecular weight is 292 g/mol. The number of methoxy groups -OCH3 is 1. The lowest BCUT2D eigenvalue weighted by Gasteiger charge is -2.18. The van der Waals surface area contributed by atoms with E-state index in [2.05, 4.69) is 10.00 Å². The molecule has 0 amide bonds. The number of fused-ring (bicyclic) bond motifs is 1. The summed E-state index contributed by atoms with van der Waals surface area (Å²) in [6.45, 7) is 3.33. The molecular formula is C14H14ClN3O2. The maximum atomic E-state index is 12.0. The van der Waals surface area contributed by atoms with Crippen molar-refractivity contribution in [3.05, 3.63) is 40.5 Å². The van der Waals surface area contributed by atoms with Crippen LogP contribution in [0.2, 0.25) is 5.02 Å². The van der Waals surface area contributed by atoms with Gasteiger partial charge in [0.15, 0.2) is 0 Å². The van der Waals surface area contributed by atoms with Crippen LogP contribution in [0.25, 0.3) is 0 Å². The highest BCUT2D eigenvalue weighted by Crippen LogP contribution is 2.35. The molecule has 0 N–H and O–H groups in total. The van der Waals surface area contributed by atoms with Crippen LogP contribution in [0.5, 0.6) is 0 Å². The standard InChI is InChI=1S/C14H14ClN3O2/c1-9-12(14(19)20-2)13-17(7-8-18(13)16-9)11-5-3-10(15)4-6-11/h3-6H,7-8H2,1-2H3. The van der Waals surface area contributed by atoms with Crippen molar-refractivity contribution >= 4 is 29.1 Å². The van der Waals surface area contributed by atoms with E-state index in [4.69, 9.17) is 16.3 Å². The lowest BCUT2D eigenvalue weighted by Crippen LogP contribution is -2.16. The van der Waals surface area contributed by atoms with Gasteiger partial charge in [0, 0.05) is 17.3 Å². The molecule has 104 valence electrons. The minimum atomic E-state index is -0.357. The van der Waals surface area contributed by atoms with Gasteiger partial charge in [-0.2, -0.15) is 5.10 Å². The van der Waals surface area contributed by atoms with Gasteiger partial charge in [0.2, 0.25) is 0 Å². The molecule has 0 unspecified atom stereocenters. The summed E-state index contributed by atoms with van der Waals surface area (Å²) in [7, 11) is 1.38. The summed E-state index contributed by atoms with van der Waals surface area (Å²) in [5.41, 5.74) is 2.20. The van der Waals surface area contributed by atoms with Crippen LogP contribution in [0, 0.1) is 6.92 Å². The zero-order valence-corrected chi connectivity index (χ0v) is 12.0. The number of aromatic nitrogens is 2. The minimum Gasteiger partial charge on any atom is -0.465 e. The molecule has 1 aromatic heterocycles. The number of benzene rings is 1. The second-order valence-corrected chi connectivity index (χ2v) is 5.06. The molecule has 1 aliphatic heterocycles. The van der Waals surface area contributed by atoms with Crippen LogP contribution in [0.1, 0.15) is 16.1 Å². The van der Waals surface area contributed by atoms with Crippen molar-refractivity contribution in [2.75, 3.05) is 18.6 Å². The molecule has 0 bridgehead atoms. The molecule has 1 aliphatic rings. The number of anilines is 2. The Kier molecular flexibility index (Phi) is 3.14. The Hall–Kier alpha value is -2.01. The zero-order valence-electron chi connectivity index (χ0n) is 11.3. The lowest BCUT2D eigenvalue weighted by molar-refractivity contribution is 0.0601. The topological polar surface area (TPSA) is 47.4 Å². The molecule has 3 rings (SSSR count). The van der Waals surface area contributed by atoms with E-state index < -0.39 is 0 Å². The van der Waals surface area contributed by atoms with E-state index in [1.54, 1.807) is 0 Å². The minimum absolute atomic E-state index is 0.357. The van der Waals surface area contributed by atoms with Gasteiger partial charge in [0.25, 0.3) is 0 Å². The largest absolute Gasteiger partial charge is 0.465 e. The smallest absolute Gasteiger partial charge is 0.343 e. The van der Waals surface area contributed by atoms with E-state index in [1.807, 2.05) is 35.9 Å². The maximum absolute atomic E-state index is 12.0. The maximum Gasteiger partial charge on any atom is 0.343 e. The third-order valence-electron chi connectivity index (χ3n) is 3.42. The van der Waals surface area contributed by atoms with Crippen molar-refractivity contribution in [2.45, 2.75) is 13.5 Å². The highest BCUT2D eigenvalue weighted by atomic mass is 35.5. The average Bonchev–Trinajstić information content (AvgIpc) is 2.97. The fourth-order valence-electron chi connectivity index (χ4n) is 2.51. The van der Waals surface area contributed by atoms with E-state index in [-0.39, 0.29) is 5.97 Å². The second-order valence-electron chi connectivity index (χ2n) is 4.63. The molecule has 0 radical (unpaired) electrons. The highest BCUT2D eigenvalue weighted by molar-refractivity contribution is 6.30. The Labute approximate surface area is 121 Å². The van der Waals surface area contributed by atoms with E-state index in [1.165, 1.54) is 7.11 Å². The molecule has 5 nitrogen and oxygen atoms in total. The number of aryl methyl sites for hydroxylation is 1. The van der Waals surface area contributed by atoms with Gasteiger partial charge in [-0.3, -0.25) is 0 Å². The van der Waals surface area contributed by atoms with Crippen molar-refractivity contribution in [1.29, 1.82) is 0 Å². The first kappa shape index (κ1) is 13.0. The Morgan fingerprint density at radius 3 is 2.65 bits per heavy atom. The normalized spacial score (nSPS) is 13.4. The fraction of sp³-hybridized carbons (Fsp3) is 0.286. The molecule has 0 aliphatic carbocycles. The lowest BCUT2D eigenvalue weighted by atomic mass is 10.2. The molecule has 0 spiro atoms. The van der Waals surface area contributed by atoms with Crippen LogP contribution >= 0.6 is 11.6 Å². The summed E-state index contributed by atoms with van der Waals surface area (Å²) in [5.74, 6) is 0.432. The van der Waals surface area contributed by atoms with Gasteiger partial charge >= 0.3 is 5.97 Å². The molecule has 0 fully saturated rings. The third kappa shape index (κ3) is 1.94. The Morgan fingerprint density at radius 1 is 1.30 bits per heavy atom. The molecule has 0 saturated heterocycles. The van der Waals surface area contributed by atoms with Gasteiger partial charge in [-0.25, -0.2) is 9.48 Å². The van der Waals surface area contributed by atoms with Gasteiger partial charge in [-0.05, 0) is 31.2 Å². The van der Waals surface area contributed by atoms with Crippen LogP contribution < -0.4 is 4.90 Å². The monoisotopic (exact) mass is 291 g/mol. The third-order valence-corrected chi connectivity index (χ3v) is 3.67. The van der Waals surface area contributed by atoms with E-state index in [0.29, 0.717) is 16.3 Å². The van der Waals surface area contributed by atoms with Crippen molar-refractivity contribution < 1.29 is 9.53 Å². The predicted octanol–water partition coefficient (Wildman–Crippen LogP) is 2.78. The van der Waals surface area contributed by atoms with Gasteiger partial charge in [-0.15, -0.1) is 0 Å². The molecular weight excluding hydrogens is 278 g/mol. The van der Waals surface area contributed by atoms with Crippen LogP contribution in [0.15, 0.2) is 24.3 Å². The molecule has 2 aromatic rings. The molecule has 0 atom stereocenters. The molecule has 0 saturated carbocycles. The van der Waals surface area contributed by atoms with Gasteiger partial charge in [0.05, 0.1) is 19.3 Å². The quantitative estimate of drug-likeness (QED) is 0.798. The molecule has 6 heteroatoms. The van der Waals surface area contributed by atoms with Crippen LogP contribution in [0.3, 0.4) is 0 Å². The molecule has 2 heterocycles. The van der Waals surface area contributed by atoms with Crippen molar-refractivity contribution in [1.82, 2.24) is 9.78 Å². The number of carbonyl (C=O) groups excluding carboxylic acids is 1. The van der Waals surface area contributed by atoms with E-state index >= 15 is 0 Å². The molecule has 1 aromatic carbocycles.